The second-order valence-electron chi connectivity index (χ2n) is 3.30. The molecule has 0 aromatic heterocycles. The van der Waals surface area contributed by atoms with E-state index < -0.39 is 0 Å². The van der Waals surface area contributed by atoms with Crippen molar-refractivity contribution in [2.75, 3.05) is 6.54 Å². The highest BCUT2D eigenvalue weighted by atomic mass is 14.7. The van der Waals surface area contributed by atoms with Gasteiger partial charge in [-0.1, -0.05) is 27.2 Å². The molecule has 0 rings (SSSR count). The standard InChI is InChI=1S/C8H17N/c1-5-6-8(2,3)7-9-4/h4-7H2,1-3H3. The second kappa shape index (κ2) is 3.65. The molecule has 0 spiro atoms. The molecule has 0 aliphatic carbocycles. The average Bonchev–Trinajstić information content (AvgIpc) is 1.64. The quantitative estimate of drug-likeness (QED) is 0.514. The van der Waals surface area contributed by atoms with Crippen LogP contribution in [0.25, 0.3) is 0 Å². The van der Waals surface area contributed by atoms with Crippen molar-refractivity contribution in [3.8, 4) is 0 Å². The van der Waals surface area contributed by atoms with Crippen LogP contribution in [-0.4, -0.2) is 13.3 Å². The lowest BCUT2D eigenvalue weighted by Crippen LogP contribution is -2.14. The second-order valence-corrected chi connectivity index (χ2v) is 3.30. The Labute approximate surface area is 58.2 Å². The van der Waals surface area contributed by atoms with E-state index >= 15 is 0 Å². The summed E-state index contributed by atoms with van der Waals surface area (Å²) in [7, 11) is 0. The molecule has 0 unspecified atom stereocenters. The normalized spacial score (nSPS) is 11.4. The Morgan fingerprint density at radius 1 is 1.44 bits per heavy atom. The molecule has 0 fully saturated rings. The molecule has 0 aliphatic heterocycles. The summed E-state index contributed by atoms with van der Waals surface area (Å²) in [6.07, 6.45) is 2.48. The van der Waals surface area contributed by atoms with E-state index in [0.29, 0.717) is 5.41 Å². The molecular weight excluding hydrogens is 110 g/mol. The monoisotopic (exact) mass is 127 g/mol. The smallest absolute Gasteiger partial charge is 0.0433 e. The Hall–Kier alpha value is -0.330. The first-order chi connectivity index (χ1) is 4.12. The van der Waals surface area contributed by atoms with Crippen molar-refractivity contribution >= 4 is 6.72 Å². The van der Waals surface area contributed by atoms with Gasteiger partial charge in [-0.3, -0.25) is 0 Å². The molecule has 0 saturated heterocycles. The number of nitrogens with zero attached hydrogens (tertiary/aromatic N) is 1. The van der Waals surface area contributed by atoms with Crippen molar-refractivity contribution in [3.05, 3.63) is 0 Å². The van der Waals surface area contributed by atoms with E-state index in [1.807, 2.05) is 0 Å². The first-order valence-corrected chi connectivity index (χ1v) is 3.55. The molecule has 0 radical (unpaired) electrons. The van der Waals surface area contributed by atoms with Crippen LogP contribution in [0.15, 0.2) is 4.99 Å². The number of aliphatic imine (C=N–C) groups is 1. The molecule has 0 aromatic carbocycles. The van der Waals surface area contributed by atoms with Crippen LogP contribution >= 0.6 is 0 Å². The van der Waals surface area contributed by atoms with E-state index in [4.69, 9.17) is 0 Å². The molecular formula is C8H17N. The van der Waals surface area contributed by atoms with Crippen LogP contribution in [0.1, 0.15) is 33.6 Å². The third-order valence-electron chi connectivity index (χ3n) is 1.47. The fraction of sp³-hybridized carbons (Fsp3) is 0.875. The lowest BCUT2D eigenvalue weighted by molar-refractivity contribution is 0.345. The van der Waals surface area contributed by atoms with Gasteiger partial charge in [0.15, 0.2) is 0 Å². The maximum absolute atomic E-state index is 3.88. The topological polar surface area (TPSA) is 12.4 Å². The zero-order valence-electron chi connectivity index (χ0n) is 6.78. The summed E-state index contributed by atoms with van der Waals surface area (Å²) in [4.78, 5) is 3.88. The van der Waals surface area contributed by atoms with E-state index in [0.717, 1.165) is 6.54 Å². The van der Waals surface area contributed by atoms with Crippen LogP contribution in [0.5, 0.6) is 0 Å². The summed E-state index contributed by atoms with van der Waals surface area (Å²) in [5.74, 6) is 0. The maximum atomic E-state index is 3.88. The molecule has 0 bridgehead atoms. The Morgan fingerprint density at radius 3 is 2.33 bits per heavy atom. The van der Waals surface area contributed by atoms with Crippen LogP contribution in [0.2, 0.25) is 0 Å². The predicted molar refractivity (Wildman–Crippen MR) is 43.1 cm³/mol. The highest BCUT2D eigenvalue weighted by Gasteiger charge is 2.14. The molecule has 1 heteroatoms. The van der Waals surface area contributed by atoms with Crippen molar-refractivity contribution in [1.29, 1.82) is 0 Å². The van der Waals surface area contributed by atoms with Crippen molar-refractivity contribution in [3.63, 3.8) is 0 Å². The summed E-state index contributed by atoms with van der Waals surface area (Å²) in [6, 6.07) is 0. The van der Waals surface area contributed by atoms with Gasteiger partial charge >= 0.3 is 0 Å². The fourth-order valence-corrected chi connectivity index (χ4v) is 1.06. The minimum atomic E-state index is 0.372. The zero-order chi connectivity index (χ0) is 7.33. The lowest BCUT2D eigenvalue weighted by atomic mass is 9.88. The number of hydrogen-bond donors (Lipinski definition) is 0. The van der Waals surface area contributed by atoms with E-state index in [-0.39, 0.29) is 0 Å². The highest BCUT2D eigenvalue weighted by Crippen LogP contribution is 2.21. The van der Waals surface area contributed by atoms with E-state index in [1.54, 1.807) is 0 Å². The minimum Gasteiger partial charge on any atom is -0.300 e. The van der Waals surface area contributed by atoms with E-state index in [9.17, 15) is 0 Å². The van der Waals surface area contributed by atoms with Gasteiger partial charge < -0.3 is 4.99 Å². The van der Waals surface area contributed by atoms with E-state index in [2.05, 4.69) is 32.5 Å². The van der Waals surface area contributed by atoms with Gasteiger partial charge in [-0.15, -0.1) is 0 Å². The van der Waals surface area contributed by atoms with Gasteiger partial charge in [-0.2, -0.15) is 0 Å². The molecule has 0 heterocycles. The number of rotatable bonds is 4. The van der Waals surface area contributed by atoms with Crippen molar-refractivity contribution < 1.29 is 0 Å². The largest absolute Gasteiger partial charge is 0.300 e. The summed E-state index contributed by atoms with van der Waals surface area (Å²) in [5.41, 5.74) is 0.372. The van der Waals surface area contributed by atoms with Gasteiger partial charge in [-0.25, -0.2) is 0 Å². The molecule has 0 aromatic rings. The van der Waals surface area contributed by atoms with Gasteiger partial charge in [0.1, 0.15) is 0 Å². The van der Waals surface area contributed by atoms with Crippen molar-refractivity contribution in [2.24, 2.45) is 10.4 Å². The van der Waals surface area contributed by atoms with Crippen molar-refractivity contribution in [1.82, 2.24) is 0 Å². The Bertz CT molecular complexity index is 84.6. The summed E-state index contributed by atoms with van der Waals surface area (Å²) in [5, 5.41) is 0. The average molecular weight is 127 g/mol. The van der Waals surface area contributed by atoms with Crippen LogP contribution in [0.3, 0.4) is 0 Å². The molecule has 0 saturated carbocycles. The highest BCUT2D eigenvalue weighted by molar-refractivity contribution is 5.23. The van der Waals surface area contributed by atoms with Gasteiger partial charge in [0, 0.05) is 6.54 Å². The van der Waals surface area contributed by atoms with Gasteiger partial charge in [0.25, 0.3) is 0 Å². The Balaban J connectivity index is 3.55. The van der Waals surface area contributed by atoms with Crippen LogP contribution < -0.4 is 0 Å². The first-order valence-electron chi connectivity index (χ1n) is 3.55. The number of hydrogen-bond acceptors (Lipinski definition) is 1. The fourth-order valence-electron chi connectivity index (χ4n) is 1.06. The lowest BCUT2D eigenvalue weighted by Gasteiger charge is -2.20. The summed E-state index contributed by atoms with van der Waals surface area (Å²) >= 11 is 0. The minimum absolute atomic E-state index is 0.372. The van der Waals surface area contributed by atoms with Crippen LogP contribution in [0, 0.1) is 5.41 Å². The Morgan fingerprint density at radius 2 is 2.00 bits per heavy atom. The van der Waals surface area contributed by atoms with Crippen LogP contribution in [-0.2, 0) is 0 Å². The Kier molecular flexibility index (Phi) is 3.52. The van der Waals surface area contributed by atoms with Gasteiger partial charge in [-0.05, 0) is 18.6 Å². The van der Waals surface area contributed by atoms with E-state index in [1.165, 1.54) is 12.8 Å². The molecule has 1 nitrogen and oxygen atoms in total. The SMILES string of the molecule is C=NCC(C)(C)CCC. The molecule has 0 aliphatic rings. The summed E-state index contributed by atoms with van der Waals surface area (Å²) in [6.45, 7) is 11.0. The predicted octanol–water partition coefficient (Wildman–Crippen LogP) is 2.51. The molecule has 0 atom stereocenters. The zero-order valence-corrected chi connectivity index (χ0v) is 6.78. The third-order valence-corrected chi connectivity index (χ3v) is 1.47. The molecule has 0 amide bonds. The maximum Gasteiger partial charge on any atom is 0.0433 e. The van der Waals surface area contributed by atoms with Crippen molar-refractivity contribution in [2.45, 2.75) is 33.6 Å². The van der Waals surface area contributed by atoms with Gasteiger partial charge in [0.2, 0.25) is 0 Å². The van der Waals surface area contributed by atoms with Crippen LogP contribution in [0.4, 0.5) is 0 Å². The first kappa shape index (κ1) is 8.67. The molecule has 54 valence electrons. The van der Waals surface area contributed by atoms with Gasteiger partial charge in [0.05, 0.1) is 0 Å². The third kappa shape index (κ3) is 4.19. The molecule has 9 heavy (non-hydrogen) atoms. The summed E-state index contributed by atoms with van der Waals surface area (Å²) < 4.78 is 0. The molecule has 0 N–H and O–H groups in total.